The first kappa shape index (κ1) is 16.5. The van der Waals surface area contributed by atoms with Gasteiger partial charge in [0, 0.05) is 18.3 Å². The van der Waals surface area contributed by atoms with Crippen LogP contribution < -0.4 is 10.9 Å². The highest BCUT2D eigenvalue weighted by atomic mass is 32.2. The minimum absolute atomic E-state index is 0.244. The molecule has 0 aliphatic carbocycles. The van der Waals surface area contributed by atoms with E-state index in [2.05, 4.69) is 0 Å². The summed E-state index contributed by atoms with van der Waals surface area (Å²) in [6, 6.07) is 0.132. The number of nitrogens with two attached hydrogens (primary N) is 2. The van der Waals surface area contributed by atoms with Crippen LogP contribution >= 0.6 is 0 Å². The standard InChI is InChI=1S/C12H18N4O5S/c1-7(13)11(17)15-5-2-3-9(15)8-4-6-16(22(14,20)21)10(8)12(18)19/h4,6-7,9H,2-3,5,13H2,1H3,(H,18,19)(H2,14,20,21). The second-order valence-corrected chi connectivity index (χ2v) is 6.67. The van der Waals surface area contributed by atoms with Crippen LogP contribution in [-0.2, 0) is 15.0 Å². The van der Waals surface area contributed by atoms with E-state index in [1.807, 2.05) is 0 Å². The number of nitrogens with zero attached hydrogens (tertiary/aromatic N) is 2. The Bertz CT molecular complexity index is 709. The Hall–Kier alpha value is -1.91. The van der Waals surface area contributed by atoms with E-state index in [-0.39, 0.29) is 11.5 Å². The zero-order valence-electron chi connectivity index (χ0n) is 12.0. The highest BCUT2D eigenvalue weighted by Crippen LogP contribution is 2.35. The molecule has 1 aromatic rings. The SMILES string of the molecule is CC(N)C(=O)N1CCCC1c1ccn(S(N)(=O)=O)c1C(=O)O. The summed E-state index contributed by atoms with van der Waals surface area (Å²) in [6.45, 7) is 2.00. The third kappa shape index (κ3) is 2.85. The van der Waals surface area contributed by atoms with Crippen molar-refractivity contribution in [2.24, 2.45) is 10.9 Å². The van der Waals surface area contributed by atoms with Crippen molar-refractivity contribution in [2.45, 2.75) is 31.8 Å². The fourth-order valence-electron chi connectivity index (χ4n) is 2.74. The second-order valence-electron chi connectivity index (χ2n) is 5.24. The molecule has 1 fully saturated rings. The molecule has 0 saturated carbocycles. The van der Waals surface area contributed by atoms with Crippen LogP contribution in [0.15, 0.2) is 12.3 Å². The molecule has 2 heterocycles. The highest BCUT2D eigenvalue weighted by molar-refractivity contribution is 7.87. The van der Waals surface area contributed by atoms with E-state index in [1.165, 1.54) is 11.0 Å². The van der Waals surface area contributed by atoms with Crippen LogP contribution in [0, 0.1) is 0 Å². The maximum Gasteiger partial charge on any atom is 0.353 e. The van der Waals surface area contributed by atoms with Crippen LogP contribution in [0.1, 0.15) is 41.9 Å². The van der Waals surface area contributed by atoms with E-state index in [0.29, 0.717) is 23.4 Å². The lowest BCUT2D eigenvalue weighted by Crippen LogP contribution is -2.41. The first-order valence-electron chi connectivity index (χ1n) is 6.68. The number of amides is 1. The van der Waals surface area contributed by atoms with Crippen LogP contribution in [0.4, 0.5) is 0 Å². The number of likely N-dealkylation sites (tertiary alicyclic amines) is 1. The summed E-state index contributed by atoms with van der Waals surface area (Å²) < 4.78 is 23.5. The normalized spacial score (nSPS) is 20.1. The van der Waals surface area contributed by atoms with Gasteiger partial charge in [0.25, 0.3) is 0 Å². The van der Waals surface area contributed by atoms with E-state index in [9.17, 15) is 23.1 Å². The average molecular weight is 330 g/mol. The van der Waals surface area contributed by atoms with Gasteiger partial charge >= 0.3 is 16.2 Å². The summed E-state index contributed by atoms with van der Waals surface area (Å²) in [5.74, 6) is -1.73. The van der Waals surface area contributed by atoms with Gasteiger partial charge in [-0.25, -0.2) is 13.9 Å². The van der Waals surface area contributed by atoms with E-state index < -0.39 is 34.0 Å². The third-order valence-electron chi connectivity index (χ3n) is 3.64. The van der Waals surface area contributed by atoms with Crippen LogP contribution in [-0.4, -0.2) is 46.9 Å². The molecule has 2 rings (SSSR count). The van der Waals surface area contributed by atoms with Gasteiger partial charge in [0.15, 0.2) is 0 Å². The largest absolute Gasteiger partial charge is 0.477 e. The molecule has 1 aliphatic heterocycles. The lowest BCUT2D eigenvalue weighted by molar-refractivity contribution is -0.133. The van der Waals surface area contributed by atoms with Crippen molar-refractivity contribution < 1.29 is 23.1 Å². The number of hydrogen-bond acceptors (Lipinski definition) is 5. The van der Waals surface area contributed by atoms with Gasteiger partial charge in [0.05, 0.1) is 12.1 Å². The van der Waals surface area contributed by atoms with Gasteiger partial charge in [-0.05, 0) is 25.8 Å². The van der Waals surface area contributed by atoms with Gasteiger partial charge in [0.1, 0.15) is 5.69 Å². The predicted octanol–water partition coefficient (Wildman–Crippen LogP) is -0.751. The lowest BCUT2D eigenvalue weighted by atomic mass is 10.0. The maximum absolute atomic E-state index is 12.1. The van der Waals surface area contributed by atoms with Crippen molar-refractivity contribution in [1.82, 2.24) is 8.87 Å². The van der Waals surface area contributed by atoms with Crippen LogP contribution in [0.5, 0.6) is 0 Å². The Labute approximate surface area is 127 Å². The molecule has 1 aromatic heterocycles. The zero-order valence-corrected chi connectivity index (χ0v) is 12.8. The number of aromatic nitrogens is 1. The maximum atomic E-state index is 12.1. The van der Waals surface area contributed by atoms with E-state index in [0.717, 1.165) is 6.20 Å². The molecular weight excluding hydrogens is 312 g/mol. The van der Waals surface area contributed by atoms with E-state index in [4.69, 9.17) is 10.9 Å². The van der Waals surface area contributed by atoms with Gasteiger partial charge in [-0.15, -0.1) is 0 Å². The van der Waals surface area contributed by atoms with Crippen LogP contribution in [0.2, 0.25) is 0 Å². The minimum Gasteiger partial charge on any atom is -0.477 e. The first-order valence-corrected chi connectivity index (χ1v) is 8.18. The van der Waals surface area contributed by atoms with E-state index in [1.54, 1.807) is 6.92 Å². The zero-order chi connectivity index (χ0) is 16.7. The molecule has 0 aromatic carbocycles. The summed E-state index contributed by atoms with van der Waals surface area (Å²) in [6.07, 6.45) is 2.30. The summed E-state index contributed by atoms with van der Waals surface area (Å²) in [5.41, 5.74) is 5.40. The molecule has 9 nitrogen and oxygen atoms in total. The van der Waals surface area contributed by atoms with Crippen LogP contribution in [0.3, 0.4) is 0 Å². The van der Waals surface area contributed by atoms with Crippen molar-refractivity contribution in [3.05, 3.63) is 23.5 Å². The van der Waals surface area contributed by atoms with Crippen molar-refractivity contribution in [1.29, 1.82) is 0 Å². The van der Waals surface area contributed by atoms with Crippen LogP contribution in [0.25, 0.3) is 0 Å². The van der Waals surface area contributed by atoms with Gasteiger partial charge in [-0.2, -0.15) is 8.42 Å². The number of hydrogen-bond donors (Lipinski definition) is 3. The molecule has 122 valence electrons. The summed E-state index contributed by atoms with van der Waals surface area (Å²) >= 11 is 0. The number of carbonyl (C=O) groups excluding carboxylic acids is 1. The van der Waals surface area contributed by atoms with Gasteiger partial charge in [0.2, 0.25) is 5.91 Å². The van der Waals surface area contributed by atoms with E-state index >= 15 is 0 Å². The minimum atomic E-state index is -4.23. The molecule has 1 amide bonds. The highest BCUT2D eigenvalue weighted by Gasteiger charge is 2.36. The number of rotatable bonds is 4. The number of carbonyl (C=O) groups is 2. The Morgan fingerprint density at radius 2 is 2.09 bits per heavy atom. The fraction of sp³-hybridized carbons (Fsp3) is 0.500. The number of aromatic carboxylic acids is 1. The molecule has 10 heteroatoms. The summed E-state index contributed by atoms with van der Waals surface area (Å²) in [4.78, 5) is 25.1. The van der Waals surface area contributed by atoms with Gasteiger partial charge in [-0.1, -0.05) is 0 Å². The quantitative estimate of drug-likeness (QED) is 0.661. The van der Waals surface area contributed by atoms with Crippen molar-refractivity contribution in [2.75, 3.05) is 6.54 Å². The molecule has 0 spiro atoms. The van der Waals surface area contributed by atoms with Gasteiger partial charge in [-0.3, -0.25) is 4.79 Å². The molecule has 2 unspecified atom stereocenters. The topological polar surface area (TPSA) is 149 Å². The number of carboxylic acid groups (broad SMARTS) is 1. The van der Waals surface area contributed by atoms with Crippen molar-refractivity contribution >= 4 is 22.1 Å². The first-order chi connectivity index (χ1) is 10.1. The molecular formula is C12H18N4O5S. The Morgan fingerprint density at radius 3 is 2.59 bits per heavy atom. The summed E-state index contributed by atoms with van der Waals surface area (Å²) in [5, 5.41) is 14.3. The molecule has 2 atom stereocenters. The van der Waals surface area contributed by atoms with Crippen molar-refractivity contribution in [3.8, 4) is 0 Å². The lowest BCUT2D eigenvalue weighted by Gasteiger charge is -2.26. The molecule has 0 radical (unpaired) electrons. The Kier molecular flexibility index (Phi) is 4.27. The smallest absolute Gasteiger partial charge is 0.353 e. The summed E-state index contributed by atoms with van der Waals surface area (Å²) in [7, 11) is -4.23. The fourth-order valence-corrected chi connectivity index (χ4v) is 3.41. The number of carboxylic acids is 1. The van der Waals surface area contributed by atoms with Crippen molar-refractivity contribution in [3.63, 3.8) is 0 Å². The Morgan fingerprint density at radius 1 is 1.45 bits per heavy atom. The molecule has 1 aliphatic rings. The molecule has 0 bridgehead atoms. The monoisotopic (exact) mass is 330 g/mol. The predicted molar refractivity (Wildman–Crippen MR) is 77.2 cm³/mol. The second kappa shape index (κ2) is 5.71. The molecule has 22 heavy (non-hydrogen) atoms. The van der Waals surface area contributed by atoms with Gasteiger partial charge < -0.3 is 15.7 Å². The molecule has 1 saturated heterocycles. The Balaban J connectivity index is 2.51. The third-order valence-corrected chi connectivity index (χ3v) is 4.50. The molecule has 5 N–H and O–H groups in total. The average Bonchev–Trinajstić information content (AvgIpc) is 3.02.